The van der Waals surface area contributed by atoms with Gasteiger partial charge < -0.3 is 15.5 Å². The van der Waals surface area contributed by atoms with E-state index in [9.17, 15) is 4.79 Å². The minimum absolute atomic E-state index is 0.0829. The predicted octanol–water partition coefficient (Wildman–Crippen LogP) is 1.34. The Bertz CT molecular complexity index is 435. The second kappa shape index (κ2) is 6.52. The van der Waals surface area contributed by atoms with Gasteiger partial charge in [-0.2, -0.15) is 0 Å². The van der Waals surface area contributed by atoms with E-state index < -0.39 is 0 Å². The number of aromatic nitrogens is 1. The number of likely N-dealkylation sites (tertiary alicyclic amines) is 1. The molecule has 0 aliphatic carbocycles. The summed E-state index contributed by atoms with van der Waals surface area (Å²) in [6.07, 6.45) is 2.04. The maximum absolute atomic E-state index is 12.1. The van der Waals surface area contributed by atoms with Crippen molar-refractivity contribution in [3.8, 4) is 0 Å². The van der Waals surface area contributed by atoms with E-state index in [4.69, 9.17) is 0 Å². The lowest BCUT2D eigenvalue weighted by atomic mass is 10.2. The highest BCUT2D eigenvalue weighted by atomic mass is 16.1. The zero-order valence-corrected chi connectivity index (χ0v) is 11.6. The molecule has 1 aromatic heterocycles. The van der Waals surface area contributed by atoms with Gasteiger partial charge in [0.2, 0.25) is 0 Å². The van der Waals surface area contributed by atoms with Crippen molar-refractivity contribution < 1.29 is 4.79 Å². The molecule has 1 atom stereocenters. The first-order chi connectivity index (χ1) is 9.19. The Kier molecular flexibility index (Phi) is 4.74. The molecule has 5 heteroatoms. The quantitative estimate of drug-likeness (QED) is 0.840. The van der Waals surface area contributed by atoms with Crippen LogP contribution in [0, 0.1) is 0 Å². The molecule has 2 N–H and O–H groups in total. The fourth-order valence-electron chi connectivity index (χ4n) is 2.22. The molecule has 1 unspecified atom stereocenters. The van der Waals surface area contributed by atoms with Gasteiger partial charge in [-0.3, -0.25) is 4.79 Å². The minimum Gasteiger partial charge on any atom is -0.370 e. The molecule has 1 aromatic rings. The van der Waals surface area contributed by atoms with Crippen LogP contribution in [0.5, 0.6) is 0 Å². The monoisotopic (exact) mass is 262 g/mol. The lowest BCUT2D eigenvalue weighted by molar-refractivity contribution is 0.0933. The maximum atomic E-state index is 12.1. The van der Waals surface area contributed by atoms with E-state index in [0.29, 0.717) is 5.69 Å². The van der Waals surface area contributed by atoms with Gasteiger partial charge in [0.25, 0.3) is 5.91 Å². The fourth-order valence-corrected chi connectivity index (χ4v) is 2.22. The topological polar surface area (TPSA) is 57.3 Å². The average molecular weight is 262 g/mol. The Morgan fingerprint density at radius 2 is 2.37 bits per heavy atom. The van der Waals surface area contributed by atoms with Gasteiger partial charge in [-0.25, -0.2) is 4.98 Å². The number of pyridine rings is 1. The van der Waals surface area contributed by atoms with Crippen LogP contribution < -0.4 is 10.6 Å². The smallest absolute Gasteiger partial charge is 0.270 e. The van der Waals surface area contributed by atoms with Crippen LogP contribution in [0.15, 0.2) is 18.2 Å². The summed E-state index contributed by atoms with van der Waals surface area (Å²) < 4.78 is 0. The van der Waals surface area contributed by atoms with Crippen LogP contribution in [0.2, 0.25) is 0 Å². The molecule has 1 saturated heterocycles. The standard InChI is InChI=1S/C14H22N4O/c1-3-8-15-13-6-4-5-12(17-13)14(19)16-11-7-9-18(2)10-11/h4-6,11H,3,7-10H2,1-2H3,(H,15,17)(H,16,19). The summed E-state index contributed by atoms with van der Waals surface area (Å²) in [5.74, 6) is 0.679. The van der Waals surface area contributed by atoms with Gasteiger partial charge in [-0.15, -0.1) is 0 Å². The maximum Gasteiger partial charge on any atom is 0.270 e. The van der Waals surface area contributed by atoms with Crippen molar-refractivity contribution >= 4 is 11.7 Å². The molecule has 0 bridgehead atoms. The van der Waals surface area contributed by atoms with E-state index in [1.807, 2.05) is 12.1 Å². The minimum atomic E-state index is -0.0829. The summed E-state index contributed by atoms with van der Waals surface area (Å²) in [5.41, 5.74) is 0.482. The molecule has 104 valence electrons. The van der Waals surface area contributed by atoms with Crippen LogP contribution in [0.25, 0.3) is 0 Å². The van der Waals surface area contributed by atoms with E-state index in [-0.39, 0.29) is 11.9 Å². The number of nitrogens with one attached hydrogen (secondary N) is 2. The molecular formula is C14H22N4O. The van der Waals surface area contributed by atoms with Crippen molar-refractivity contribution in [2.75, 3.05) is 32.0 Å². The molecule has 1 aliphatic heterocycles. The highest BCUT2D eigenvalue weighted by Crippen LogP contribution is 2.09. The molecule has 5 nitrogen and oxygen atoms in total. The number of carbonyl (C=O) groups excluding carboxylic acids is 1. The zero-order valence-electron chi connectivity index (χ0n) is 11.6. The van der Waals surface area contributed by atoms with Crippen molar-refractivity contribution in [2.45, 2.75) is 25.8 Å². The van der Waals surface area contributed by atoms with Gasteiger partial charge in [0.1, 0.15) is 11.5 Å². The number of nitrogens with zero attached hydrogens (tertiary/aromatic N) is 2. The van der Waals surface area contributed by atoms with E-state index in [2.05, 4.69) is 34.5 Å². The van der Waals surface area contributed by atoms with Crippen LogP contribution in [0.1, 0.15) is 30.3 Å². The Morgan fingerprint density at radius 3 is 3.05 bits per heavy atom. The summed E-state index contributed by atoms with van der Waals surface area (Å²) in [7, 11) is 2.07. The van der Waals surface area contributed by atoms with Crippen LogP contribution in [0.3, 0.4) is 0 Å². The lowest BCUT2D eigenvalue weighted by Crippen LogP contribution is -2.36. The molecule has 2 rings (SSSR count). The second-order valence-electron chi connectivity index (χ2n) is 5.06. The molecule has 0 aromatic carbocycles. The molecule has 0 radical (unpaired) electrons. The number of anilines is 1. The normalized spacial score (nSPS) is 19.4. The predicted molar refractivity (Wildman–Crippen MR) is 76.4 cm³/mol. The molecule has 1 aliphatic rings. The zero-order chi connectivity index (χ0) is 13.7. The summed E-state index contributed by atoms with van der Waals surface area (Å²) in [5, 5.41) is 6.23. The Hall–Kier alpha value is -1.62. The number of amides is 1. The first-order valence-electron chi connectivity index (χ1n) is 6.89. The summed E-state index contributed by atoms with van der Waals surface area (Å²) in [6, 6.07) is 5.74. The van der Waals surface area contributed by atoms with Crippen LogP contribution >= 0.6 is 0 Å². The SMILES string of the molecule is CCCNc1cccc(C(=O)NC2CCN(C)C2)n1. The Balaban J connectivity index is 1.94. The van der Waals surface area contributed by atoms with Crippen LogP contribution in [0.4, 0.5) is 5.82 Å². The third-order valence-corrected chi connectivity index (χ3v) is 3.26. The highest BCUT2D eigenvalue weighted by Gasteiger charge is 2.21. The van der Waals surface area contributed by atoms with E-state index in [1.165, 1.54) is 0 Å². The van der Waals surface area contributed by atoms with E-state index in [1.54, 1.807) is 6.07 Å². The van der Waals surface area contributed by atoms with Crippen molar-refractivity contribution in [1.82, 2.24) is 15.2 Å². The first kappa shape index (κ1) is 13.8. The molecule has 1 fully saturated rings. The largest absolute Gasteiger partial charge is 0.370 e. The first-order valence-corrected chi connectivity index (χ1v) is 6.89. The number of carbonyl (C=O) groups is 1. The van der Waals surface area contributed by atoms with Crippen molar-refractivity contribution in [2.24, 2.45) is 0 Å². The molecule has 19 heavy (non-hydrogen) atoms. The fraction of sp³-hybridized carbons (Fsp3) is 0.571. The van der Waals surface area contributed by atoms with Gasteiger partial charge in [0.05, 0.1) is 0 Å². The van der Waals surface area contributed by atoms with Gasteiger partial charge in [0, 0.05) is 19.1 Å². The van der Waals surface area contributed by atoms with Gasteiger partial charge in [-0.05, 0) is 38.6 Å². The summed E-state index contributed by atoms with van der Waals surface area (Å²) >= 11 is 0. The van der Waals surface area contributed by atoms with Gasteiger partial charge >= 0.3 is 0 Å². The molecule has 0 saturated carbocycles. The number of hydrogen-bond acceptors (Lipinski definition) is 4. The number of hydrogen-bond donors (Lipinski definition) is 2. The molecule has 0 spiro atoms. The molecular weight excluding hydrogens is 240 g/mol. The van der Waals surface area contributed by atoms with E-state index in [0.717, 1.165) is 38.3 Å². The second-order valence-corrected chi connectivity index (χ2v) is 5.06. The Labute approximate surface area is 114 Å². The van der Waals surface area contributed by atoms with Crippen molar-refractivity contribution in [3.05, 3.63) is 23.9 Å². The van der Waals surface area contributed by atoms with Crippen LogP contribution in [-0.2, 0) is 0 Å². The molecule has 1 amide bonds. The lowest BCUT2D eigenvalue weighted by Gasteiger charge is -2.13. The summed E-state index contributed by atoms with van der Waals surface area (Å²) in [6.45, 7) is 4.92. The van der Waals surface area contributed by atoms with Gasteiger partial charge in [0.15, 0.2) is 0 Å². The Morgan fingerprint density at radius 1 is 1.53 bits per heavy atom. The number of likely N-dealkylation sites (N-methyl/N-ethyl adjacent to an activating group) is 1. The average Bonchev–Trinajstić information content (AvgIpc) is 2.82. The summed E-state index contributed by atoms with van der Waals surface area (Å²) in [4.78, 5) is 18.7. The van der Waals surface area contributed by atoms with Crippen LogP contribution in [-0.4, -0.2) is 48.5 Å². The third kappa shape index (κ3) is 3.92. The number of rotatable bonds is 5. The van der Waals surface area contributed by atoms with Gasteiger partial charge in [-0.1, -0.05) is 13.0 Å². The third-order valence-electron chi connectivity index (χ3n) is 3.26. The van der Waals surface area contributed by atoms with Crippen molar-refractivity contribution in [3.63, 3.8) is 0 Å². The highest BCUT2D eigenvalue weighted by molar-refractivity contribution is 5.92. The molecule has 2 heterocycles. The van der Waals surface area contributed by atoms with Crippen molar-refractivity contribution in [1.29, 1.82) is 0 Å². The van der Waals surface area contributed by atoms with E-state index >= 15 is 0 Å².